The molecule has 183 valence electrons. The van der Waals surface area contributed by atoms with Gasteiger partial charge < -0.3 is 24.8 Å². The first kappa shape index (κ1) is 26.4. The van der Waals surface area contributed by atoms with Gasteiger partial charge in [0.05, 0.1) is 0 Å². The molecular weight excluding hydrogens is 571 g/mol. The zero-order valence-corrected chi connectivity index (χ0v) is 25.0. The van der Waals surface area contributed by atoms with Crippen molar-refractivity contribution in [1.82, 2.24) is 0 Å². The summed E-state index contributed by atoms with van der Waals surface area (Å²) in [5, 5.41) is 0. The Kier molecular flexibility index (Phi) is 7.52. The molecule has 0 aromatic heterocycles. The minimum absolute atomic E-state index is 0. The molecule has 3 atom stereocenters. The van der Waals surface area contributed by atoms with Gasteiger partial charge in [-0.25, -0.2) is 0 Å². The first-order valence-electron chi connectivity index (χ1n) is 12.8. The van der Waals surface area contributed by atoms with Gasteiger partial charge in [0.1, 0.15) is 0 Å². The zero-order valence-electron chi connectivity index (χ0n) is 21.0. The van der Waals surface area contributed by atoms with Gasteiger partial charge in [-0.1, -0.05) is 0 Å². The maximum absolute atomic E-state index is 2.57. The summed E-state index contributed by atoms with van der Waals surface area (Å²) < 4.78 is 1.69. The predicted octanol–water partition coefficient (Wildman–Crippen LogP) is 3.04. The Morgan fingerprint density at radius 3 is 1.68 bits per heavy atom. The fourth-order valence-corrected chi connectivity index (χ4v) is 16.9. The molecule has 0 nitrogen and oxygen atoms in total. The third-order valence-electron chi connectivity index (χ3n) is 8.27. The summed E-state index contributed by atoms with van der Waals surface area (Å²) in [6.07, 6.45) is 9.94. The topological polar surface area (TPSA) is 0 Å². The Balaban J connectivity index is 0.00000140. The summed E-state index contributed by atoms with van der Waals surface area (Å²) in [6, 6.07) is 34.9. The standard InChI is InChI=1S/C16H15.2C9H7.2ClH.Zr/c1-11(2)12-7-8-16-14(9-12)10-13-5-3-4-6-15(13)16;2*1-2-5-9-7-3-6-8(9)4-1;;;/h3-11H,1-2H3;2*1-7H;2*1H;/q;;;;;+2/p-2. The molecule has 4 aromatic rings. The van der Waals surface area contributed by atoms with Crippen LogP contribution < -0.4 is 24.8 Å². The van der Waals surface area contributed by atoms with Crippen molar-refractivity contribution in [1.29, 1.82) is 0 Å². The quantitative estimate of drug-likeness (QED) is 0.339. The van der Waals surface area contributed by atoms with Crippen LogP contribution in [0.25, 0.3) is 23.3 Å². The molecule has 0 bridgehead atoms. The number of rotatable bonds is 4. The average Bonchev–Trinajstić information content (AvgIpc) is 3.60. The fraction of sp³-hybridized carbons (Fsp3) is 0.176. The summed E-state index contributed by atoms with van der Waals surface area (Å²) in [5.41, 5.74) is 13.5. The molecule has 0 amide bonds. The first-order chi connectivity index (χ1) is 17.2. The predicted molar refractivity (Wildman–Crippen MR) is 144 cm³/mol. The van der Waals surface area contributed by atoms with Crippen molar-refractivity contribution in [2.24, 2.45) is 0 Å². The smallest absolute Gasteiger partial charge is 1.00 e. The van der Waals surface area contributed by atoms with Crippen LogP contribution in [0, 0.1) is 0 Å². The molecule has 0 spiro atoms. The summed E-state index contributed by atoms with van der Waals surface area (Å²) >= 11 is -2.38. The monoisotopic (exact) mass is 597 g/mol. The van der Waals surface area contributed by atoms with Gasteiger partial charge in [-0.2, -0.15) is 0 Å². The van der Waals surface area contributed by atoms with Gasteiger partial charge in [0.15, 0.2) is 0 Å². The molecule has 0 fully saturated rings. The van der Waals surface area contributed by atoms with E-state index in [9.17, 15) is 0 Å². The van der Waals surface area contributed by atoms with Crippen LogP contribution in [-0.4, -0.2) is 0 Å². The van der Waals surface area contributed by atoms with Crippen LogP contribution in [0.2, 0.25) is 0 Å². The van der Waals surface area contributed by atoms with E-state index in [-0.39, 0.29) is 24.8 Å². The molecular formula is C34H29Cl2Zr. The van der Waals surface area contributed by atoms with Crippen molar-refractivity contribution < 1.29 is 46.6 Å². The van der Waals surface area contributed by atoms with Crippen molar-refractivity contribution in [3.8, 4) is 11.1 Å². The second-order valence-corrected chi connectivity index (χ2v) is 17.4. The molecule has 0 saturated heterocycles. The summed E-state index contributed by atoms with van der Waals surface area (Å²) in [7, 11) is 0. The molecule has 0 aliphatic heterocycles. The zero-order chi connectivity index (χ0) is 23.5. The Hall–Kier alpha value is -2.18. The number of allylic oxidation sites excluding steroid dienone is 2. The van der Waals surface area contributed by atoms with Crippen LogP contribution in [0.3, 0.4) is 0 Å². The van der Waals surface area contributed by atoms with E-state index in [1.807, 2.05) is 0 Å². The van der Waals surface area contributed by atoms with E-state index in [1.165, 1.54) is 27.8 Å². The van der Waals surface area contributed by atoms with E-state index >= 15 is 0 Å². The fourth-order valence-electron chi connectivity index (χ4n) is 6.58. The molecule has 3 unspecified atom stereocenters. The van der Waals surface area contributed by atoms with E-state index in [0.717, 1.165) is 0 Å². The van der Waals surface area contributed by atoms with Gasteiger partial charge in [0.2, 0.25) is 0 Å². The van der Waals surface area contributed by atoms with Crippen LogP contribution in [0.5, 0.6) is 0 Å². The van der Waals surface area contributed by atoms with E-state index in [4.69, 9.17) is 0 Å². The Morgan fingerprint density at radius 1 is 0.568 bits per heavy atom. The van der Waals surface area contributed by atoms with Crippen molar-refractivity contribution >= 4 is 12.2 Å². The molecule has 3 aliphatic rings. The third-order valence-corrected chi connectivity index (χ3v) is 17.4. The Morgan fingerprint density at radius 2 is 1.08 bits per heavy atom. The van der Waals surface area contributed by atoms with E-state index in [0.29, 0.717) is 16.8 Å². The summed E-state index contributed by atoms with van der Waals surface area (Å²) in [5.74, 6) is 0.538. The van der Waals surface area contributed by atoms with Gasteiger partial charge in [-0.3, -0.25) is 0 Å². The van der Waals surface area contributed by atoms with E-state index < -0.39 is 21.8 Å². The second-order valence-electron chi connectivity index (χ2n) is 10.5. The summed E-state index contributed by atoms with van der Waals surface area (Å²) in [6.45, 7) is 4.65. The van der Waals surface area contributed by atoms with E-state index in [2.05, 4.69) is 129 Å². The second kappa shape index (κ2) is 10.5. The van der Waals surface area contributed by atoms with Gasteiger partial charge in [0, 0.05) is 0 Å². The molecule has 0 radical (unpaired) electrons. The SMILES string of the molecule is CC(C)c1ccc2c(c1)[CH]([Zr+2]([CH]1C=Cc3ccccc31)[CH]1C=Cc3ccccc31)c1ccccc1-2.[Cl-].[Cl-]. The molecule has 3 heteroatoms. The van der Waals surface area contributed by atoms with Crippen molar-refractivity contribution in [3.63, 3.8) is 0 Å². The number of halogens is 2. The minimum Gasteiger partial charge on any atom is -1.00 e. The molecule has 0 saturated carbocycles. The van der Waals surface area contributed by atoms with Gasteiger partial charge >= 0.3 is 218 Å². The average molecular weight is 600 g/mol. The molecule has 3 aliphatic carbocycles. The number of hydrogen-bond donors (Lipinski definition) is 0. The molecule has 4 aromatic carbocycles. The molecule has 37 heavy (non-hydrogen) atoms. The van der Waals surface area contributed by atoms with Gasteiger partial charge in [0.25, 0.3) is 0 Å². The molecule has 0 N–H and O–H groups in total. The largest absolute Gasteiger partial charge is 1.00 e. The maximum atomic E-state index is 2.57. The van der Waals surface area contributed by atoms with Crippen molar-refractivity contribution in [2.45, 2.75) is 30.6 Å². The van der Waals surface area contributed by atoms with Crippen LogP contribution in [0.15, 0.2) is 103 Å². The first-order valence-corrected chi connectivity index (χ1v) is 17.1. The Bertz CT molecular complexity index is 1450. The Labute approximate surface area is 241 Å². The number of hydrogen-bond acceptors (Lipinski definition) is 0. The maximum Gasteiger partial charge on any atom is -1.00 e. The van der Waals surface area contributed by atoms with Crippen LogP contribution >= 0.6 is 0 Å². The minimum atomic E-state index is -2.38. The van der Waals surface area contributed by atoms with Gasteiger partial charge in [-0.15, -0.1) is 0 Å². The molecule has 7 rings (SSSR count). The third kappa shape index (κ3) is 4.25. The normalized spacial score (nSPS) is 19.5. The van der Waals surface area contributed by atoms with Crippen molar-refractivity contribution in [2.75, 3.05) is 0 Å². The van der Waals surface area contributed by atoms with Crippen LogP contribution in [0.1, 0.15) is 69.6 Å². The van der Waals surface area contributed by atoms with E-state index in [1.54, 1.807) is 22.3 Å². The molecule has 0 heterocycles. The number of benzene rings is 4. The summed E-state index contributed by atoms with van der Waals surface area (Å²) in [4.78, 5) is 0. The van der Waals surface area contributed by atoms with Crippen LogP contribution in [-0.2, 0) is 21.8 Å². The van der Waals surface area contributed by atoms with Crippen molar-refractivity contribution in [3.05, 3.63) is 142 Å². The van der Waals surface area contributed by atoms with Crippen LogP contribution in [0.4, 0.5) is 0 Å². The van der Waals surface area contributed by atoms with Gasteiger partial charge in [-0.05, 0) is 0 Å². The number of fused-ring (bicyclic) bond motifs is 5.